The van der Waals surface area contributed by atoms with Gasteiger partial charge in [0.15, 0.2) is 0 Å². The molecule has 0 aliphatic carbocycles. The van der Waals surface area contributed by atoms with E-state index in [0.717, 1.165) is 22.8 Å². The smallest absolute Gasteiger partial charge is 0.126 e. The van der Waals surface area contributed by atoms with Crippen LogP contribution >= 0.6 is 0 Å². The molecule has 3 rings (SSSR count). The van der Waals surface area contributed by atoms with Gasteiger partial charge >= 0.3 is 0 Å². The zero-order chi connectivity index (χ0) is 13.2. The number of benzene rings is 2. The van der Waals surface area contributed by atoms with Gasteiger partial charge in [-0.05, 0) is 50.2 Å². The Morgan fingerprint density at radius 1 is 1.11 bits per heavy atom. The van der Waals surface area contributed by atoms with E-state index in [-0.39, 0.29) is 0 Å². The Morgan fingerprint density at radius 2 is 1.84 bits per heavy atom. The standard InChI is InChI=1S/C17H21NO/c1-13(18-10-4-5-11-18)12-15-9-8-14-6-2-3-7-16(14)17(15)19/h2-3,6-9,13,19H,4-5,10-12H2,1H3. The van der Waals surface area contributed by atoms with Gasteiger partial charge in [0.25, 0.3) is 0 Å². The van der Waals surface area contributed by atoms with Crippen LogP contribution in [-0.2, 0) is 6.42 Å². The number of phenolic OH excluding ortho intramolecular Hbond substituents is 1. The molecule has 1 N–H and O–H groups in total. The molecule has 100 valence electrons. The summed E-state index contributed by atoms with van der Waals surface area (Å²) >= 11 is 0. The summed E-state index contributed by atoms with van der Waals surface area (Å²) in [5.41, 5.74) is 1.07. The number of rotatable bonds is 3. The van der Waals surface area contributed by atoms with Gasteiger partial charge < -0.3 is 10.0 Å². The summed E-state index contributed by atoms with van der Waals surface area (Å²) in [5, 5.41) is 12.5. The predicted octanol–water partition coefficient (Wildman–Crippen LogP) is 3.57. The van der Waals surface area contributed by atoms with Crippen molar-refractivity contribution >= 4 is 10.8 Å². The molecule has 2 aromatic rings. The van der Waals surface area contributed by atoms with E-state index >= 15 is 0 Å². The maximum Gasteiger partial charge on any atom is 0.126 e. The molecule has 1 aliphatic rings. The van der Waals surface area contributed by atoms with E-state index < -0.39 is 0 Å². The van der Waals surface area contributed by atoms with Gasteiger partial charge in [0.1, 0.15) is 5.75 Å². The second kappa shape index (κ2) is 5.22. The first-order valence-electron chi connectivity index (χ1n) is 7.19. The van der Waals surface area contributed by atoms with Crippen LogP contribution < -0.4 is 0 Å². The number of hydrogen-bond acceptors (Lipinski definition) is 2. The molecule has 0 spiro atoms. The third-order valence-corrected chi connectivity index (χ3v) is 4.26. The molecular formula is C17H21NO. The Morgan fingerprint density at radius 3 is 2.63 bits per heavy atom. The number of aromatic hydroxyl groups is 1. The number of likely N-dealkylation sites (tertiary alicyclic amines) is 1. The van der Waals surface area contributed by atoms with Gasteiger partial charge in [0, 0.05) is 11.4 Å². The molecule has 2 aromatic carbocycles. The Kier molecular flexibility index (Phi) is 3.43. The van der Waals surface area contributed by atoms with Gasteiger partial charge in [0.05, 0.1) is 0 Å². The van der Waals surface area contributed by atoms with Gasteiger partial charge in [-0.2, -0.15) is 0 Å². The Balaban J connectivity index is 1.86. The van der Waals surface area contributed by atoms with E-state index in [0.29, 0.717) is 11.8 Å². The molecule has 0 amide bonds. The van der Waals surface area contributed by atoms with E-state index in [1.807, 2.05) is 24.3 Å². The summed E-state index contributed by atoms with van der Waals surface area (Å²) in [6.07, 6.45) is 3.55. The van der Waals surface area contributed by atoms with E-state index in [2.05, 4.69) is 24.0 Å². The van der Waals surface area contributed by atoms with Crippen molar-refractivity contribution < 1.29 is 5.11 Å². The van der Waals surface area contributed by atoms with Gasteiger partial charge in [-0.1, -0.05) is 36.4 Å². The Labute approximate surface area is 114 Å². The summed E-state index contributed by atoms with van der Waals surface area (Å²) in [6, 6.07) is 12.7. The second-order valence-electron chi connectivity index (χ2n) is 5.59. The second-order valence-corrected chi connectivity index (χ2v) is 5.59. The molecule has 1 aliphatic heterocycles. The van der Waals surface area contributed by atoms with E-state index in [1.54, 1.807) is 0 Å². The van der Waals surface area contributed by atoms with Crippen molar-refractivity contribution in [2.24, 2.45) is 0 Å². The quantitative estimate of drug-likeness (QED) is 0.906. The van der Waals surface area contributed by atoms with Crippen LogP contribution in [0, 0.1) is 0 Å². The molecule has 2 nitrogen and oxygen atoms in total. The molecule has 2 heteroatoms. The normalized spacial score (nSPS) is 17.9. The summed E-state index contributed by atoms with van der Waals surface area (Å²) in [4.78, 5) is 2.52. The maximum absolute atomic E-state index is 10.4. The molecule has 1 saturated heterocycles. The molecule has 1 atom stereocenters. The van der Waals surface area contributed by atoms with E-state index in [9.17, 15) is 5.11 Å². The summed E-state index contributed by atoms with van der Waals surface area (Å²) in [7, 11) is 0. The van der Waals surface area contributed by atoms with Crippen LogP contribution in [0.2, 0.25) is 0 Å². The SMILES string of the molecule is CC(Cc1ccc2ccccc2c1O)N1CCCC1. The van der Waals surface area contributed by atoms with Crippen molar-refractivity contribution in [3.8, 4) is 5.75 Å². The third-order valence-electron chi connectivity index (χ3n) is 4.26. The molecular weight excluding hydrogens is 234 g/mol. The highest BCUT2D eigenvalue weighted by atomic mass is 16.3. The van der Waals surface area contributed by atoms with Crippen LogP contribution in [0.1, 0.15) is 25.3 Å². The van der Waals surface area contributed by atoms with Crippen molar-refractivity contribution in [2.75, 3.05) is 13.1 Å². The number of fused-ring (bicyclic) bond motifs is 1. The average Bonchev–Trinajstić information content (AvgIpc) is 2.96. The Bertz CT molecular complexity index is 572. The minimum Gasteiger partial charge on any atom is -0.507 e. The molecule has 0 aromatic heterocycles. The lowest BCUT2D eigenvalue weighted by Gasteiger charge is -2.24. The van der Waals surface area contributed by atoms with Gasteiger partial charge in [-0.15, -0.1) is 0 Å². The maximum atomic E-state index is 10.4. The van der Waals surface area contributed by atoms with Crippen LogP contribution in [0.25, 0.3) is 10.8 Å². The van der Waals surface area contributed by atoms with Crippen LogP contribution in [-0.4, -0.2) is 29.1 Å². The zero-order valence-electron chi connectivity index (χ0n) is 11.5. The summed E-state index contributed by atoms with van der Waals surface area (Å²) in [5.74, 6) is 0.462. The molecule has 1 heterocycles. The molecule has 1 fully saturated rings. The first-order valence-corrected chi connectivity index (χ1v) is 7.19. The van der Waals surface area contributed by atoms with Crippen LogP contribution in [0.15, 0.2) is 36.4 Å². The molecule has 1 unspecified atom stereocenters. The van der Waals surface area contributed by atoms with E-state index in [1.165, 1.54) is 25.9 Å². The molecule has 0 bridgehead atoms. The van der Waals surface area contributed by atoms with Crippen molar-refractivity contribution in [3.63, 3.8) is 0 Å². The lowest BCUT2D eigenvalue weighted by atomic mass is 10.00. The number of hydrogen-bond donors (Lipinski definition) is 1. The molecule has 0 saturated carbocycles. The van der Waals surface area contributed by atoms with Gasteiger partial charge in [0.2, 0.25) is 0 Å². The fraction of sp³-hybridized carbons (Fsp3) is 0.412. The Hall–Kier alpha value is -1.54. The zero-order valence-corrected chi connectivity index (χ0v) is 11.5. The van der Waals surface area contributed by atoms with Crippen LogP contribution in [0.5, 0.6) is 5.75 Å². The van der Waals surface area contributed by atoms with Crippen LogP contribution in [0.4, 0.5) is 0 Å². The minimum atomic E-state index is 0.462. The minimum absolute atomic E-state index is 0.462. The van der Waals surface area contributed by atoms with Gasteiger partial charge in [-0.25, -0.2) is 0 Å². The predicted molar refractivity (Wildman–Crippen MR) is 79.6 cm³/mol. The van der Waals surface area contributed by atoms with E-state index in [4.69, 9.17) is 0 Å². The number of nitrogens with zero attached hydrogens (tertiary/aromatic N) is 1. The monoisotopic (exact) mass is 255 g/mol. The third kappa shape index (κ3) is 2.45. The average molecular weight is 255 g/mol. The highest BCUT2D eigenvalue weighted by molar-refractivity contribution is 5.89. The largest absolute Gasteiger partial charge is 0.507 e. The lowest BCUT2D eigenvalue weighted by molar-refractivity contribution is 0.256. The topological polar surface area (TPSA) is 23.5 Å². The van der Waals surface area contributed by atoms with Crippen molar-refractivity contribution in [3.05, 3.63) is 42.0 Å². The fourth-order valence-corrected chi connectivity index (χ4v) is 3.09. The first kappa shape index (κ1) is 12.5. The summed E-state index contributed by atoms with van der Waals surface area (Å²) < 4.78 is 0. The number of phenols is 1. The highest BCUT2D eigenvalue weighted by Gasteiger charge is 2.19. The lowest BCUT2D eigenvalue weighted by Crippen LogP contribution is -2.31. The fourth-order valence-electron chi connectivity index (χ4n) is 3.09. The van der Waals surface area contributed by atoms with Gasteiger partial charge in [-0.3, -0.25) is 0 Å². The summed E-state index contributed by atoms with van der Waals surface area (Å²) in [6.45, 7) is 4.67. The molecule has 0 radical (unpaired) electrons. The van der Waals surface area contributed by atoms with Crippen LogP contribution in [0.3, 0.4) is 0 Å². The highest BCUT2D eigenvalue weighted by Crippen LogP contribution is 2.30. The first-order chi connectivity index (χ1) is 9.25. The van der Waals surface area contributed by atoms with Crippen molar-refractivity contribution in [2.45, 2.75) is 32.2 Å². The van der Waals surface area contributed by atoms with Crippen molar-refractivity contribution in [1.29, 1.82) is 0 Å². The van der Waals surface area contributed by atoms with Crippen molar-refractivity contribution in [1.82, 2.24) is 4.90 Å². The molecule has 19 heavy (non-hydrogen) atoms.